The number of halogens is 2. The Labute approximate surface area is 165 Å². The third kappa shape index (κ3) is 4.59. The van der Waals surface area contributed by atoms with Crippen LogP contribution in [-0.2, 0) is 9.53 Å². The number of aliphatic hydroxyl groups is 1. The first-order valence-corrected chi connectivity index (χ1v) is 9.28. The van der Waals surface area contributed by atoms with E-state index in [0.29, 0.717) is 26.2 Å². The Morgan fingerprint density at radius 1 is 1.30 bits per heavy atom. The summed E-state index contributed by atoms with van der Waals surface area (Å²) in [5.74, 6) is -1.24. The first kappa shape index (κ1) is 19.2. The molecule has 0 spiro atoms. The topological polar surface area (TPSA) is 58.9 Å². The van der Waals surface area contributed by atoms with Gasteiger partial charge in [0.05, 0.1) is 17.2 Å². The minimum Gasteiger partial charge on any atom is -0.506 e. The number of benzene rings is 2. The van der Waals surface area contributed by atoms with Gasteiger partial charge in [-0.3, -0.25) is 0 Å². The molecular formula is C20H15ClFNO3S. The molecule has 0 saturated heterocycles. The number of carbonyl (C=O) groups is 1. The lowest BCUT2D eigenvalue weighted by Crippen LogP contribution is -2.12. The molecule has 2 aromatic rings. The van der Waals surface area contributed by atoms with Crippen LogP contribution in [0.3, 0.4) is 0 Å². The summed E-state index contributed by atoms with van der Waals surface area (Å²) < 4.78 is 18.1. The van der Waals surface area contributed by atoms with Gasteiger partial charge in [-0.15, -0.1) is 0 Å². The molecule has 0 unspecified atom stereocenters. The molecule has 138 valence electrons. The van der Waals surface area contributed by atoms with Crippen LogP contribution in [0, 0.1) is 5.82 Å². The van der Waals surface area contributed by atoms with Gasteiger partial charge in [-0.1, -0.05) is 41.6 Å². The molecule has 1 aliphatic rings. The summed E-state index contributed by atoms with van der Waals surface area (Å²) in [4.78, 5) is 17.2. The molecule has 1 N–H and O–H groups in total. The van der Waals surface area contributed by atoms with E-state index in [0.717, 1.165) is 11.8 Å². The predicted molar refractivity (Wildman–Crippen MR) is 107 cm³/mol. The maximum atomic E-state index is 13.1. The van der Waals surface area contributed by atoms with Gasteiger partial charge in [0.1, 0.15) is 22.2 Å². The van der Waals surface area contributed by atoms with Crippen LogP contribution < -0.4 is 0 Å². The molecule has 7 heteroatoms. The van der Waals surface area contributed by atoms with Crippen molar-refractivity contribution < 1.29 is 19.0 Å². The number of nitrogens with zero attached hydrogens (tertiary/aromatic N) is 1. The van der Waals surface area contributed by atoms with Gasteiger partial charge in [0, 0.05) is 5.02 Å². The zero-order valence-corrected chi connectivity index (χ0v) is 15.9. The number of carbonyl (C=O) groups excluding carboxylic acids is 1. The Morgan fingerprint density at radius 2 is 2.04 bits per heavy atom. The maximum absolute atomic E-state index is 13.1. The molecule has 4 nitrogen and oxygen atoms in total. The van der Waals surface area contributed by atoms with E-state index in [4.69, 9.17) is 16.3 Å². The van der Waals surface area contributed by atoms with Gasteiger partial charge in [-0.05, 0) is 48.9 Å². The number of aliphatic imine (C=N–C) groups is 1. The van der Waals surface area contributed by atoms with Crippen LogP contribution in [0.2, 0.25) is 5.02 Å². The molecular weight excluding hydrogens is 389 g/mol. The minimum atomic E-state index is -0.661. The van der Waals surface area contributed by atoms with E-state index in [1.54, 1.807) is 49.4 Å². The standard InChI is InChI=1S/C20H15ClFNO3S/c1-2-26-20(25)17-18(24)16(10-12-6-8-14(22)9-7-12)27-19(17)23-15-5-3-4-13(21)11-15/h3-11,24H,2H2,1H3. The van der Waals surface area contributed by atoms with Crippen LogP contribution in [-0.4, -0.2) is 22.7 Å². The van der Waals surface area contributed by atoms with Gasteiger partial charge < -0.3 is 9.84 Å². The number of esters is 1. The molecule has 0 radical (unpaired) electrons. The van der Waals surface area contributed by atoms with Gasteiger partial charge in [0.25, 0.3) is 0 Å². The van der Waals surface area contributed by atoms with E-state index in [2.05, 4.69) is 4.99 Å². The molecule has 0 bridgehead atoms. The number of thioether (sulfide) groups is 1. The lowest BCUT2D eigenvalue weighted by atomic mass is 10.1. The fourth-order valence-electron chi connectivity index (χ4n) is 2.37. The molecule has 2 aromatic carbocycles. The van der Waals surface area contributed by atoms with Crippen molar-refractivity contribution in [3.8, 4) is 0 Å². The lowest BCUT2D eigenvalue weighted by molar-refractivity contribution is -0.138. The summed E-state index contributed by atoms with van der Waals surface area (Å²) in [7, 11) is 0. The molecule has 0 saturated carbocycles. The van der Waals surface area contributed by atoms with Crippen molar-refractivity contribution >= 4 is 46.1 Å². The minimum absolute atomic E-state index is 0.00446. The molecule has 0 amide bonds. The van der Waals surface area contributed by atoms with Gasteiger partial charge in [-0.25, -0.2) is 14.2 Å². The average Bonchev–Trinajstić information content (AvgIpc) is 2.92. The number of hydrogen-bond acceptors (Lipinski definition) is 5. The van der Waals surface area contributed by atoms with Gasteiger partial charge in [-0.2, -0.15) is 0 Å². The highest BCUT2D eigenvalue weighted by atomic mass is 35.5. The van der Waals surface area contributed by atoms with Crippen LogP contribution in [0.1, 0.15) is 12.5 Å². The van der Waals surface area contributed by atoms with E-state index >= 15 is 0 Å². The van der Waals surface area contributed by atoms with Crippen molar-refractivity contribution in [3.63, 3.8) is 0 Å². The number of ether oxygens (including phenoxy) is 1. The molecule has 0 aromatic heterocycles. The molecule has 1 aliphatic heterocycles. The second-order valence-corrected chi connectivity index (χ2v) is 6.97. The smallest absolute Gasteiger partial charge is 0.344 e. The summed E-state index contributed by atoms with van der Waals surface area (Å²) in [6, 6.07) is 12.6. The Morgan fingerprint density at radius 3 is 2.70 bits per heavy atom. The van der Waals surface area contributed by atoms with Crippen LogP contribution in [0.4, 0.5) is 10.1 Å². The summed E-state index contributed by atoms with van der Waals surface area (Å²) in [6.45, 7) is 1.85. The maximum Gasteiger partial charge on any atom is 0.344 e. The highest BCUT2D eigenvalue weighted by Gasteiger charge is 2.33. The number of aliphatic hydroxyl groups excluding tert-OH is 1. The van der Waals surface area contributed by atoms with Crippen LogP contribution in [0.5, 0.6) is 0 Å². The van der Waals surface area contributed by atoms with Gasteiger partial charge in [0.15, 0.2) is 0 Å². The zero-order chi connectivity index (χ0) is 19.4. The third-order valence-corrected chi connectivity index (χ3v) is 4.83. The van der Waals surface area contributed by atoms with Crippen molar-refractivity contribution in [2.75, 3.05) is 6.61 Å². The van der Waals surface area contributed by atoms with Gasteiger partial charge in [0.2, 0.25) is 0 Å². The van der Waals surface area contributed by atoms with Crippen molar-refractivity contribution in [2.24, 2.45) is 4.99 Å². The largest absolute Gasteiger partial charge is 0.506 e. The summed E-state index contributed by atoms with van der Waals surface area (Å²) in [5.41, 5.74) is 1.22. The molecule has 27 heavy (non-hydrogen) atoms. The first-order chi connectivity index (χ1) is 13.0. The van der Waals surface area contributed by atoms with E-state index < -0.39 is 5.97 Å². The Kier molecular flexibility index (Phi) is 5.98. The molecule has 0 aliphatic carbocycles. The fourth-order valence-corrected chi connectivity index (χ4v) is 3.58. The molecule has 1 heterocycles. The average molecular weight is 404 g/mol. The van der Waals surface area contributed by atoms with E-state index in [9.17, 15) is 14.3 Å². The summed E-state index contributed by atoms with van der Waals surface area (Å²) >= 11 is 7.12. The predicted octanol–water partition coefficient (Wildman–Crippen LogP) is 5.67. The number of rotatable bonds is 4. The monoisotopic (exact) mass is 403 g/mol. The van der Waals surface area contributed by atoms with Crippen molar-refractivity contribution in [1.82, 2.24) is 0 Å². The van der Waals surface area contributed by atoms with Crippen molar-refractivity contribution in [1.29, 1.82) is 0 Å². The first-order valence-electron chi connectivity index (χ1n) is 8.08. The normalized spacial score (nSPS) is 17.0. The molecule has 3 rings (SSSR count). The fraction of sp³-hybridized carbons (Fsp3) is 0.100. The highest BCUT2D eigenvalue weighted by Crippen LogP contribution is 2.40. The van der Waals surface area contributed by atoms with Crippen LogP contribution >= 0.6 is 23.4 Å². The zero-order valence-electron chi connectivity index (χ0n) is 14.3. The van der Waals surface area contributed by atoms with Gasteiger partial charge >= 0.3 is 5.97 Å². The second kappa shape index (κ2) is 8.41. The van der Waals surface area contributed by atoms with Crippen molar-refractivity contribution in [2.45, 2.75) is 6.92 Å². The third-order valence-electron chi connectivity index (χ3n) is 3.58. The van der Waals surface area contributed by atoms with Crippen LogP contribution in [0.25, 0.3) is 6.08 Å². The Hall–Kier alpha value is -2.57. The summed E-state index contributed by atoms with van der Waals surface area (Å²) in [6.07, 6.45) is 1.65. The van der Waals surface area contributed by atoms with E-state index in [1.165, 1.54) is 12.1 Å². The summed E-state index contributed by atoms with van der Waals surface area (Å²) in [5, 5.41) is 11.4. The number of hydrogen-bond donors (Lipinski definition) is 1. The molecule has 0 atom stereocenters. The van der Waals surface area contributed by atoms with Crippen LogP contribution in [0.15, 0.2) is 69.8 Å². The van der Waals surface area contributed by atoms with E-state index in [-0.39, 0.29) is 23.8 Å². The quantitative estimate of drug-likeness (QED) is 0.668. The second-order valence-electron chi connectivity index (χ2n) is 5.50. The lowest BCUT2D eigenvalue weighted by Gasteiger charge is -2.04. The SMILES string of the molecule is CCOC(=O)C1=C(O)C(=Cc2ccc(F)cc2)SC1=Nc1cccc(Cl)c1. The highest BCUT2D eigenvalue weighted by molar-refractivity contribution is 8.18. The Balaban J connectivity index is 2.03. The van der Waals surface area contributed by atoms with Crippen molar-refractivity contribution in [3.05, 3.63) is 81.2 Å². The Bertz CT molecular complexity index is 967. The molecule has 0 fully saturated rings. The van der Waals surface area contributed by atoms with E-state index in [1.807, 2.05) is 0 Å².